The summed E-state index contributed by atoms with van der Waals surface area (Å²) in [4.78, 5) is 8.78. The Morgan fingerprint density at radius 2 is 1.84 bits per heavy atom. The van der Waals surface area contributed by atoms with E-state index in [0.717, 1.165) is 36.5 Å². The van der Waals surface area contributed by atoms with Gasteiger partial charge in [0.05, 0.1) is 5.69 Å². The third-order valence-electron chi connectivity index (χ3n) is 3.29. The van der Waals surface area contributed by atoms with Crippen molar-refractivity contribution < 1.29 is 0 Å². The van der Waals surface area contributed by atoms with Crippen LogP contribution >= 0.6 is 0 Å². The van der Waals surface area contributed by atoms with Gasteiger partial charge in [-0.05, 0) is 39.3 Å². The minimum absolute atomic E-state index is 0.632. The van der Waals surface area contributed by atoms with Gasteiger partial charge < -0.3 is 5.32 Å². The van der Waals surface area contributed by atoms with Crippen LogP contribution in [0.1, 0.15) is 35.9 Å². The molecule has 1 N–H and O–H groups in total. The van der Waals surface area contributed by atoms with Crippen LogP contribution in [0.15, 0.2) is 12.4 Å². The van der Waals surface area contributed by atoms with E-state index in [4.69, 9.17) is 0 Å². The van der Waals surface area contributed by atoms with Gasteiger partial charge in [-0.15, -0.1) is 0 Å². The molecular weight excluding hydrogens is 238 g/mol. The quantitative estimate of drug-likeness (QED) is 0.835. The second kappa shape index (κ2) is 5.93. The van der Waals surface area contributed by atoms with Crippen LogP contribution in [-0.2, 0) is 6.54 Å². The van der Waals surface area contributed by atoms with Crippen molar-refractivity contribution in [2.75, 3.05) is 6.54 Å². The van der Waals surface area contributed by atoms with Crippen molar-refractivity contribution in [1.29, 1.82) is 0 Å². The lowest BCUT2D eigenvalue weighted by atomic mass is 10.2. The molecule has 102 valence electrons. The fraction of sp³-hybridized carbons (Fsp3) is 0.500. The van der Waals surface area contributed by atoms with Crippen LogP contribution in [-0.4, -0.2) is 26.3 Å². The fourth-order valence-corrected chi connectivity index (χ4v) is 1.87. The number of nitrogens with zero attached hydrogens (tertiary/aromatic N) is 4. The van der Waals surface area contributed by atoms with Gasteiger partial charge in [-0.25, -0.2) is 14.6 Å². The Morgan fingerprint density at radius 3 is 2.37 bits per heavy atom. The second-order valence-corrected chi connectivity index (χ2v) is 4.78. The maximum atomic E-state index is 4.46. The van der Waals surface area contributed by atoms with Gasteiger partial charge >= 0.3 is 0 Å². The third kappa shape index (κ3) is 2.98. The molecule has 5 nitrogen and oxygen atoms in total. The smallest absolute Gasteiger partial charge is 0.250 e. The van der Waals surface area contributed by atoms with E-state index in [-0.39, 0.29) is 0 Å². The molecule has 0 bridgehead atoms. The average Bonchev–Trinajstić information content (AvgIpc) is 2.68. The number of hydrogen-bond donors (Lipinski definition) is 1. The first-order chi connectivity index (χ1) is 9.13. The number of hydrogen-bond acceptors (Lipinski definition) is 4. The molecule has 0 amide bonds. The van der Waals surface area contributed by atoms with Crippen LogP contribution in [0.25, 0.3) is 5.95 Å². The van der Waals surface area contributed by atoms with Crippen molar-refractivity contribution in [2.24, 2.45) is 0 Å². The molecule has 0 aliphatic rings. The van der Waals surface area contributed by atoms with E-state index >= 15 is 0 Å². The summed E-state index contributed by atoms with van der Waals surface area (Å²) in [5.74, 6) is 0.632. The zero-order chi connectivity index (χ0) is 13.8. The maximum Gasteiger partial charge on any atom is 0.250 e. The monoisotopic (exact) mass is 259 g/mol. The number of rotatable bonds is 5. The summed E-state index contributed by atoms with van der Waals surface area (Å²) in [5, 5.41) is 7.79. The zero-order valence-electron chi connectivity index (χ0n) is 12.1. The highest BCUT2D eigenvalue weighted by atomic mass is 15.4. The Morgan fingerprint density at radius 1 is 1.16 bits per heavy atom. The van der Waals surface area contributed by atoms with Crippen molar-refractivity contribution in [3.63, 3.8) is 0 Å². The van der Waals surface area contributed by atoms with Crippen molar-refractivity contribution in [3.8, 4) is 5.95 Å². The highest BCUT2D eigenvalue weighted by Gasteiger charge is 2.10. The molecule has 5 heteroatoms. The van der Waals surface area contributed by atoms with Crippen molar-refractivity contribution in [1.82, 2.24) is 25.1 Å². The molecule has 0 saturated heterocycles. The SMILES string of the molecule is CCCNCc1cnc(-n2nc(C)c(C)c2C)nc1. The fourth-order valence-electron chi connectivity index (χ4n) is 1.87. The Balaban J connectivity index is 2.15. The van der Waals surface area contributed by atoms with Crippen molar-refractivity contribution in [2.45, 2.75) is 40.7 Å². The standard InChI is InChI=1S/C14H21N5/c1-5-6-15-7-13-8-16-14(17-9-13)19-12(4)10(2)11(3)18-19/h8-9,15H,5-7H2,1-4H3. The molecule has 0 unspecified atom stereocenters. The molecule has 0 atom stereocenters. The molecule has 0 aliphatic heterocycles. The topological polar surface area (TPSA) is 55.6 Å². The van der Waals surface area contributed by atoms with E-state index in [1.165, 1.54) is 5.56 Å². The van der Waals surface area contributed by atoms with E-state index in [2.05, 4.69) is 34.2 Å². The van der Waals surface area contributed by atoms with Gasteiger partial charge in [0.15, 0.2) is 0 Å². The van der Waals surface area contributed by atoms with Crippen LogP contribution in [0.3, 0.4) is 0 Å². The molecule has 2 aromatic heterocycles. The van der Waals surface area contributed by atoms with Gasteiger partial charge in [-0.1, -0.05) is 6.92 Å². The summed E-state index contributed by atoms with van der Waals surface area (Å²) in [7, 11) is 0. The second-order valence-electron chi connectivity index (χ2n) is 4.78. The Labute approximate surface area is 114 Å². The largest absolute Gasteiger partial charge is 0.313 e. The minimum Gasteiger partial charge on any atom is -0.313 e. The molecule has 19 heavy (non-hydrogen) atoms. The van der Waals surface area contributed by atoms with Crippen molar-refractivity contribution >= 4 is 0 Å². The van der Waals surface area contributed by atoms with Crippen LogP contribution in [0.5, 0.6) is 0 Å². The lowest BCUT2D eigenvalue weighted by molar-refractivity contribution is 0.669. The van der Waals surface area contributed by atoms with Gasteiger partial charge in [-0.3, -0.25) is 0 Å². The molecule has 2 aromatic rings. The van der Waals surface area contributed by atoms with Gasteiger partial charge in [0.2, 0.25) is 0 Å². The Hall–Kier alpha value is -1.75. The van der Waals surface area contributed by atoms with Crippen molar-refractivity contribution in [3.05, 3.63) is 34.9 Å². The predicted molar refractivity (Wildman–Crippen MR) is 75.4 cm³/mol. The highest BCUT2D eigenvalue weighted by molar-refractivity contribution is 5.28. The molecule has 0 radical (unpaired) electrons. The van der Waals surface area contributed by atoms with E-state index in [1.807, 2.05) is 26.2 Å². The number of aryl methyl sites for hydroxylation is 1. The lowest BCUT2D eigenvalue weighted by Gasteiger charge is -2.05. The normalized spacial score (nSPS) is 10.9. The van der Waals surface area contributed by atoms with E-state index < -0.39 is 0 Å². The highest BCUT2D eigenvalue weighted by Crippen LogP contribution is 2.13. The first-order valence-corrected chi connectivity index (χ1v) is 6.68. The van der Waals surface area contributed by atoms with E-state index in [9.17, 15) is 0 Å². The Kier molecular flexibility index (Phi) is 4.27. The first-order valence-electron chi connectivity index (χ1n) is 6.68. The van der Waals surface area contributed by atoms with Crippen LogP contribution in [0.2, 0.25) is 0 Å². The third-order valence-corrected chi connectivity index (χ3v) is 3.29. The van der Waals surface area contributed by atoms with Crippen LogP contribution in [0, 0.1) is 20.8 Å². The summed E-state index contributed by atoms with van der Waals surface area (Å²) in [6, 6.07) is 0. The van der Waals surface area contributed by atoms with Gasteiger partial charge in [0, 0.05) is 30.2 Å². The number of nitrogens with one attached hydrogen (secondary N) is 1. The molecule has 0 fully saturated rings. The average molecular weight is 259 g/mol. The maximum absolute atomic E-state index is 4.46. The molecule has 0 spiro atoms. The molecule has 0 aromatic carbocycles. The first kappa shape index (κ1) is 13.7. The van der Waals surface area contributed by atoms with Gasteiger partial charge in [0.25, 0.3) is 5.95 Å². The van der Waals surface area contributed by atoms with E-state index in [1.54, 1.807) is 4.68 Å². The van der Waals surface area contributed by atoms with Gasteiger partial charge in [-0.2, -0.15) is 5.10 Å². The van der Waals surface area contributed by atoms with E-state index in [0.29, 0.717) is 5.95 Å². The molecule has 0 saturated carbocycles. The summed E-state index contributed by atoms with van der Waals surface area (Å²) < 4.78 is 1.80. The zero-order valence-corrected chi connectivity index (χ0v) is 12.1. The minimum atomic E-state index is 0.632. The predicted octanol–water partition coefficient (Wildman–Crippen LogP) is 2.09. The molecule has 2 heterocycles. The summed E-state index contributed by atoms with van der Waals surface area (Å²) in [5.41, 5.74) is 4.40. The molecular formula is C14H21N5. The molecule has 2 rings (SSSR count). The van der Waals surface area contributed by atoms with Gasteiger partial charge in [0.1, 0.15) is 0 Å². The summed E-state index contributed by atoms with van der Waals surface area (Å²) in [6.07, 6.45) is 4.84. The van der Waals surface area contributed by atoms with Crippen LogP contribution in [0.4, 0.5) is 0 Å². The Bertz CT molecular complexity index is 542. The summed E-state index contributed by atoms with van der Waals surface area (Å²) in [6.45, 7) is 10.1. The summed E-state index contributed by atoms with van der Waals surface area (Å²) >= 11 is 0. The van der Waals surface area contributed by atoms with Crippen LogP contribution < -0.4 is 5.32 Å². The number of aromatic nitrogens is 4. The molecule has 0 aliphatic carbocycles. The lowest BCUT2D eigenvalue weighted by Crippen LogP contribution is -2.14.